The summed E-state index contributed by atoms with van der Waals surface area (Å²) in [5, 5.41) is 8.93. The van der Waals surface area contributed by atoms with Crippen molar-refractivity contribution >= 4 is 46.3 Å². The summed E-state index contributed by atoms with van der Waals surface area (Å²) >= 11 is 6.61. The second-order valence-electron chi connectivity index (χ2n) is 5.50. The molecule has 0 unspecified atom stereocenters. The quantitative estimate of drug-likeness (QED) is 0.641. The van der Waals surface area contributed by atoms with Crippen LogP contribution in [0.5, 0.6) is 0 Å². The van der Waals surface area contributed by atoms with E-state index in [1.54, 1.807) is 23.1 Å². The summed E-state index contributed by atoms with van der Waals surface area (Å²) in [4.78, 5) is 25.6. The molecule has 126 valence electrons. The number of hydrogen-bond acceptors (Lipinski definition) is 4. The number of carbonyl (C=O) groups excluding carboxylic acids is 1. The van der Waals surface area contributed by atoms with Gasteiger partial charge in [-0.2, -0.15) is 0 Å². The predicted octanol–water partition coefficient (Wildman–Crippen LogP) is 3.83. The number of aromatic carboxylic acids is 1. The van der Waals surface area contributed by atoms with Crippen molar-refractivity contribution in [3.05, 3.63) is 76.2 Å². The molecule has 0 radical (unpaired) electrons. The fourth-order valence-corrected chi connectivity index (χ4v) is 3.76. The molecular weight excluding hydrogens is 354 g/mol. The van der Waals surface area contributed by atoms with Gasteiger partial charge in [-0.1, -0.05) is 66.4 Å². The van der Waals surface area contributed by atoms with Crippen LogP contribution in [-0.2, 0) is 11.2 Å². The Morgan fingerprint density at radius 2 is 1.80 bits per heavy atom. The minimum Gasteiger partial charge on any atom is -0.478 e. The van der Waals surface area contributed by atoms with Crippen LogP contribution in [0.15, 0.2) is 59.5 Å². The lowest BCUT2D eigenvalue weighted by atomic mass is 10.1. The zero-order chi connectivity index (χ0) is 17.8. The third kappa shape index (κ3) is 4.15. The Bertz CT molecular complexity index is 845. The van der Waals surface area contributed by atoms with Crippen LogP contribution < -0.4 is 0 Å². The SMILES string of the molecule is O=C(O)c1ccc(C=C2SC(=S)N(CCc3ccccc3)C2=O)cc1. The van der Waals surface area contributed by atoms with Gasteiger partial charge < -0.3 is 5.11 Å². The predicted molar refractivity (Wildman–Crippen MR) is 103 cm³/mol. The van der Waals surface area contributed by atoms with Crippen molar-refractivity contribution in [2.75, 3.05) is 6.54 Å². The molecule has 0 aromatic heterocycles. The van der Waals surface area contributed by atoms with Crippen LogP contribution >= 0.6 is 24.0 Å². The van der Waals surface area contributed by atoms with Gasteiger partial charge in [0.15, 0.2) is 0 Å². The molecule has 1 fully saturated rings. The van der Waals surface area contributed by atoms with E-state index in [1.807, 2.05) is 30.3 Å². The van der Waals surface area contributed by atoms with Gasteiger partial charge in [-0.3, -0.25) is 9.69 Å². The lowest BCUT2D eigenvalue weighted by molar-refractivity contribution is -0.122. The smallest absolute Gasteiger partial charge is 0.335 e. The highest BCUT2D eigenvalue weighted by Gasteiger charge is 2.31. The van der Waals surface area contributed by atoms with Gasteiger partial charge in [0.05, 0.1) is 10.5 Å². The Morgan fingerprint density at radius 3 is 2.44 bits per heavy atom. The Hall–Kier alpha value is -2.44. The van der Waals surface area contributed by atoms with Gasteiger partial charge in [0.1, 0.15) is 4.32 Å². The Morgan fingerprint density at radius 1 is 1.12 bits per heavy atom. The van der Waals surface area contributed by atoms with E-state index in [4.69, 9.17) is 17.3 Å². The lowest BCUT2D eigenvalue weighted by Crippen LogP contribution is -2.30. The minimum atomic E-state index is -0.973. The summed E-state index contributed by atoms with van der Waals surface area (Å²) < 4.78 is 0.550. The topological polar surface area (TPSA) is 57.6 Å². The number of carboxylic acid groups (broad SMARTS) is 1. The van der Waals surface area contributed by atoms with Crippen molar-refractivity contribution in [3.63, 3.8) is 0 Å². The third-order valence-electron chi connectivity index (χ3n) is 3.80. The highest BCUT2D eigenvalue weighted by molar-refractivity contribution is 8.26. The highest BCUT2D eigenvalue weighted by atomic mass is 32.2. The van der Waals surface area contributed by atoms with Crippen LogP contribution in [0.1, 0.15) is 21.5 Å². The van der Waals surface area contributed by atoms with Gasteiger partial charge in [0.25, 0.3) is 5.91 Å². The molecule has 1 aliphatic rings. The first-order valence-corrected chi connectivity index (χ1v) is 8.90. The van der Waals surface area contributed by atoms with Crippen molar-refractivity contribution in [1.82, 2.24) is 4.90 Å². The molecule has 1 aliphatic heterocycles. The molecule has 0 aliphatic carbocycles. The van der Waals surface area contributed by atoms with E-state index in [0.29, 0.717) is 15.8 Å². The molecular formula is C19H15NO3S2. The van der Waals surface area contributed by atoms with Crippen molar-refractivity contribution in [3.8, 4) is 0 Å². The number of hydrogen-bond donors (Lipinski definition) is 1. The van der Waals surface area contributed by atoms with Crippen molar-refractivity contribution in [2.24, 2.45) is 0 Å². The molecule has 2 aromatic rings. The summed E-state index contributed by atoms with van der Waals surface area (Å²) in [6.45, 7) is 0.546. The van der Waals surface area contributed by atoms with E-state index in [-0.39, 0.29) is 11.5 Å². The summed E-state index contributed by atoms with van der Waals surface area (Å²) in [6, 6.07) is 16.4. The Kier molecular flexibility index (Phi) is 5.31. The Labute approximate surface area is 155 Å². The van der Waals surface area contributed by atoms with Gasteiger partial charge in [-0.15, -0.1) is 0 Å². The molecule has 0 bridgehead atoms. The first-order valence-electron chi connectivity index (χ1n) is 7.67. The van der Waals surface area contributed by atoms with Crippen LogP contribution in [-0.4, -0.2) is 32.7 Å². The van der Waals surface area contributed by atoms with Gasteiger partial charge >= 0.3 is 5.97 Å². The standard InChI is InChI=1S/C19H15NO3S2/c21-17-16(12-14-6-8-15(9-7-14)18(22)23)25-19(24)20(17)11-10-13-4-2-1-3-5-13/h1-9,12H,10-11H2,(H,22,23). The van der Waals surface area contributed by atoms with Crippen LogP contribution in [0, 0.1) is 0 Å². The molecule has 3 rings (SSSR count). The summed E-state index contributed by atoms with van der Waals surface area (Å²) in [7, 11) is 0. The first-order chi connectivity index (χ1) is 12.0. The molecule has 4 nitrogen and oxygen atoms in total. The molecule has 1 N–H and O–H groups in total. The van der Waals surface area contributed by atoms with Gasteiger partial charge in [0.2, 0.25) is 0 Å². The maximum Gasteiger partial charge on any atom is 0.335 e. The molecule has 0 spiro atoms. The van der Waals surface area contributed by atoms with Gasteiger partial charge in [-0.25, -0.2) is 4.79 Å². The second-order valence-corrected chi connectivity index (χ2v) is 7.17. The number of carbonyl (C=O) groups is 2. The molecule has 0 atom stereocenters. The van der Waals surface area contributed by atoms with Crippen LogP contribution in [0.25, 0.3) is 6.08 Å². The zero-order valence-electron chi connectivity index (χ0n) is 13.2. The van der Waals surface area contributed by atoms with Crippen molar-refractivity contribution in [2.45, 2.75) is 6.42 Å². The van der Waals surface area contributed by atoms with E-state index in [9.17, 15) is 9.59 Å². The highest BCUT2D eigenvalue weighted by Crippen LogP contribution is 2.32. The maximum atomic E-state index is 12.6. The molecule has 1 amide bonds. The summed E-state index contributed by atoms with van der Waals surface area (Å²) in [5.74, 6) is -1.08. The monoisotopic (exact) mass is 369 g/mol. The number of rotatable bonds is 5. The fraction of sp³-hybridized carbons (Fsp3) is 0.105. The van der Waals surface area contributed by atoms with Crippen LogP contribution in [0.2, 0.25) is 0 Å². The van der Waals surface area contributed by atoms with Crippen LogP contribution in [0.3, 0.4) is 0 Å². The first kappa shape index (κ1) is 17.4. The van der Waals surface area contributed by atoms with Crippen LogP contribution in [0.4, 0.5) is 0 Å². The third-order valence-corrected chi connectivity index (χ3v) is 5.17. The maximum absolute atomic E-state index is 12.6. The molecule has 0 saturated carbocycles. The van der Waals surface area contributed by atoms with E-state index in [0.717, 1.165) is 17.5 Å². The number of thioether (sulfide) groups is 1. The number of thiocarbonyl (C=S) groups is 1. The molecule has 1 saturated heterocycles. The number of carboxylic acids is 1. The second kappa shape index (κ2) is 7.63. The number of benzene rings is 2. The summed E-state index contributed by atoms with van der Waals surface area (Å²) in [6.07, 6.45) is 2.49. The molecule has 6 heteroatoms. The van der Waals surface area contributed by atoms with E-state index >= 15 is 0 Å². The minimum absolute atomic E-state index is 0.103. The van der Waals surface area contributed by atoms with Crippen molar-refractivity contribution in [1.29, 1.82) is 0 Å². The zero-order valence-corrected chi connectivity index (χ0v) is 14.8. The molecule has 1 heterocycles. The normalized spacial score (nSPS) is 15.8. The number of nitrogens with zero attached hydrogens (tertiary/aromatic N) is 1. The fourth-order valence-electron chi connectivity index (χ4n) is 2.45. The van der Waals surface area contributed by atoms with E-state index in [1.165, 1.54) is 23.9 Å². The van der Waals surface area contributed by atoms with Gasteiger partial charge in [-0.05, 0) is 35.8 Å². The molecule has 2 aromatic carbocycles. The van der Waals surface area contributed by atoms with E-state index in [2.05, 4.69) is 0 Å². The van der Waals surface area contributed by atoms with E-state index < -0.39 is 5.97 Å². The molecule has 25 heavy (non-hydrogen) atoms. The Balaban J connectivity index is 1.70. The summed E-state index contributed by atoms with van der Waals surface area (Å²) in [5.41, 5.74) is 2.14. The van der Waals surface area contributed by atoms with Gasteiger partial charge in [0, 0.05) is 6.54 Å². The average molecular weight is 369 g/mol. The lowest BCUT2D eigenvalue weighted by Gasteiger charge is -2.14. The number of amides is 1. The largest absolute Gasteiger partial charge is 0.478 e. The average Bonchev–Trinajstić information content (AvgIpc) is 2.88. The van der Waals surface area contributed by atoms with Crippen molar-refractivity contribution < 1.29 is 14.7 Å².